The molecule has 2 fully saturated rings. The van der Waals surface area contributed by atoms with E-state index in [0.717, 1.165) is 38.8 Å². The summed E-state index contributed by atoms with van der Waals surface area (Å²) in [7, 11) is 0. The molecule has 2 aliphatic heterocycles. The second-order valence-electron chi connectivity index (χ2n) is 7.56. The second kappa shape index (κ2) is 12.0. The number of carbonyl (C=O) groups excluding carboxylic acids is 3. The smallest absolute Gasteiger partial charge is 0.329 e. The first kappa shape index (κ1) is 23.5. The molecule has 1 aromatic rings. The summed E-state index contributed by atoms with van der Waals surface area (Å²) < 4.78 is 16.7. The number of nitrogens with zero attached hydrogens (tertiary/aromatic N) is 2. The molecule has 0 spiro atoms. The Hall–Kier alpha value is -3.14. The van der Waals surface area contributed by atoms with Gasteiger partial charge in [-0.2, -0.15) is 5.10 Å². The number of rotatable bonds is 9. The minimum absolute atomic E-state index is 0.0429. The molecule has 0 aliphatic carbocycles. The van der Waals surface area contributed by atoms with Crippen LogP contribution in [0.15, 0.2) is 23.3 Å². The van der Waals surface area contributed by atoms with Crippen molar-refractivity contribution >= 4 is 23.9 Å². The molecule has 0 radical (unpaired) electrons. The number of hydrogen-bond acceptors (Lipinski definition) is 7. The Kier molecular flexibility index (Phi) is 8.85. The lowest BCUT2D eigenvalue weighted by Gasteiger charge is -2.17. The molecular formula is C22H30N4O6. The van der Waals surface area contributed by atoms with Gasteiger partial charge in [0.25, 0.3) is 5.91 Å². The van der Waals surface area contributed by atoms with Crippen LogP contribution >= 0.6 is 0 Å². The molecule has 2 N–H and O–H groups in total. The monoisotopic (exact) mass is 446 g/mol. The first-order chi connectivity index (χ1) is 15.6. The van der Waals surface area contributed by atoms with Crippen LogP contribution in [0.2, 0.25) is 0 Å². The second-order valence-corrected chi connectivity index (χ2v) is 7.56. The van der Waals surface area contributed by atoms with Crippen LogP contribution in [-0.2, 0) is 19.1 Å². The number of hydrazone groups is 1. The maximum atomic E-state index is 12.2. The van der Waals surface area contributed by atoms with E-state index in [0.29, 0.717) is 36.8 Å². The summed E-state index contributed by atoms with van der Waals surface area (Å²) in [6.45, 7) is 4.73. The van der Waals surface area contributed by atoms with Gasteiger partial charge in [0, 0.05) is 26.2 Å². The lowest BCUT2D eigenvalue weighted by atomic mass is 10.2. The predicted octanol–water partition coefficient (Wildman–Crippen LogP) is 0.832. The number of benzene rings is 1. The SMILES string of the molecule is CCOc1cc(/C=N\NC(=O)C(=O)NC[C@@H]2CCCO2)ccc1OCC(=O)N1CCCC1. The van der Waals surface area contributed by atoms with Crippen LogP contribution in [0.25, 0.3) is 0 Å². The zero-order valence-corrected chi connectivity index (χ0v) is 18.3. The first-order valence-corrected chi connectivity index (χ1v) is 11.0. The van der Waals surface area contributed by atoms with E-state index in [1.165, 1.54) is 6.21 Å². The van der Waals surface area contributed by atoms with Crippen molar-refractivity contribution in [3.63, 3.8) is 0 Å². The molecule has 0 aromatic heterocycles. The van der Waals surface area contributed by atoms with Crippen LogP contribution in [0.4, 0.5) is 0 Å². The minimum atomic E-state index is -0.857. The Bertz CT molecular complexity index is 832. The highest BCUT2D eigenvalue weighted by atomic mass is 16.5. The van der Waals surface area contributed by atoms with Crippen molar-refractivity contribution in [3.8, 4) is 11.5 Å². The van der Waals surface area contributed by atoms with Gasteiger partial charge in [0.1, 0.15) is 0 Å². The van der Waals surface area contributed by atoms with E-state index < -0.39 is 11.8 Å². The van der Waals surface area contributed by atoms with Crippen molar-refractivity contribution in [2.75, 3.05) is 39.5 Å². The fourth-order valence-corrected chi connectivity index (χ4v) is 3.50. The van der Waals surface area contributed by atoms with E-state index in [4.69, 9.17) is 14.2 Å². The van der Waals surface area contributed by atoms with E-state index >= 15 is 0 Å². The van der Waals surface area contributed by atoms with Gasteiger partial charge in [-0.25, -0.2) is 5.43 Å². The molecular weight excluding hydrogens is 416 g/mol. The van der Waals surface area contributed by atoms with Gasteiger partial charge in [0.2, 0.25) is 0 Å². The van der Waals surface area contributed by atoms with Crippen molar-refractivity contribution in [3.05, 3.63) is 23.8 Å². The molecule has 0 unspecified atom stereocenters. The molecule has 32 heavy (non-hydrogen) atoms. The number of ether oxygens (including phenoxy) is 3. The average molecular weight is 447 g/mol. The summed E-state index contributed by atoms with van der Waals surface area (Å²) in [5.74, 6) is -0.750. The third-order valence-electron chi connectivity index (χ3n) is 5.18. The van der Waals surface area contributed by atoms with Gasteiger partial charge in [-0.3, -0.25) is 14.4 Å². The number of amides is 3. The Labute approximate surface area is 187 Å². The predicted molar refractivity (Wildman–Crippen MR) is 117 cm³/mol. The van der Waals surface area contributed by atoms with Crippen LogP contribution in [-0.4, -0.2) is 74.4 Å². The molecule has 2 aliphatic rings. The van der Waals surface area contributed by atoms with Crippen LogP contribution < -0.4 is 20.2 Å². The van der Waals surface area contributed by atoms with Gasteiger partial charge in [-0.05, 0) is 56.4 Å². The molecule has 10 nitrogen and oxygen atoms in total. The Morgan fingerprint density at radius 3 is 2.69 bits per heavy atom. The molecule has 2 heterocycles. The van der Waals surface area contributed by atoms with Crippen molar-refractivity contribution < 1.29 is 28.6 Å². The highest BCUT2D eigenvalue weighted by molar-refractivity contribution is 6.35. The fraction of sp³-hybridized carbons (Fsp3) is 0.545. The standard InChI is InChI=1S/C22H30N4O6/c1-2-30-19-12-16(7-8-18(19)32-15-20(27)26-9-3-4-10-26)13-24-25-22(29)21(28)23-14-17-6-5-11-31-17/h7-8,12-13,17H,2-6,9-11,14-15H2,1H3,(H,23,28)(H,25,29)/b24-13-/t17-/m0/s1. The van der Waals surface area contributed by atoms with E-state index in [2.05, 4.69) is 15.8 Å². The van der Waals surface area contributed by atoms with Crippen molar-refractivity contribution in [2.24, 2.45) is 5.10 Å². The summed E-state index contributed by atoms with van der Waals surface area (Å²) in [5, 5.41) is 6.36. The normalized spacial score (nSPS) is 18.0. The van der Waals surface area contributed by atoms with Crippen LogP contribution in [0.5, 0.6) is 11.5 Å². The summed E-state index contributed by atoms with van der Waals surface area (Å²) >= 11 is 0. The van der Waals surface area contributed by atoms with Gasteiger partial charge in [0.05, 0.1) is 18.9 Å². The van der Waals surface area contributed by atoms with E-state index in [-0.39, 0.29) is 18.6 Å². The van der Waals surface area contributed by atoms with Gasteiger partial charge < -0.3 is 24.4 Å². The number of hydrogen-bond donors (Lipinski definition) is 2. The maximum absolute atomic E-state index is 12.2. The fourth-order valence-electron chi connectivity index (χ4n) is 3.50. The lowest BCUT2D eigenvalue weighted by molar-refractivity contribution is -0.139. The van der Waals surface area contributed by atoms with Gasteiger partial charge in [0.15, 0.2) is 18.1 Å². The molecule has 2 saturated heterocycles. The third-order valence-corrected chi connectivity index (χ3v) is 5.18. The topological polar surface area (TPSA) is 119 Å². The summed E-state index contributed by atoms with van der Waals surface area (Å²) in [6, 6.07) is 5.08. The number of carbonyl (C=O) groups is 3. The largest absolute Gasteiger partial charge is 0.490 e. The molecule has 10 heteroatoms. The maximum Gasteiger partial charge on any atom is 0.329 e. The van der Waals surface area contributed by atoms with Crippen molar-refractivity contribution in [1.29, 1.82) is 0 Å². The lowest BCUT2D eigenvalue weighted by Crippen LogP contribution is -2.41. The minimum Gasteiger partial charge on any atom is -0.490 e. The Morgan fingerprint density at radius 1 is 1.16 bits per heavy atom. The zero-order valence-electron chi connectivity index (χ0n) is 18.3. The van der Waals surface area contributed by atoms with Crippen LogP contribution in [0, 0.1) is 0 Å². The molecule has 1 atom stereocenters. The number of nitrogens with one attached hydrogen (secondary N) is 2. The average Bonchev–Trinajstić information content (AvgIpc) is 3.51. The molecule has 174 valence electrons. The van der Waals surface area contributed by atoms with Gasteiger partial charge >= 0.3 is 11.8 Å². The quantitative estimate of drug-likeness (QED) is 0.330. The van der Waals surface area contributed by atoms with E-state index in [1.54, 1.807) is 23.1 Å². The highest BCUT2D eigenvalue weighted by Gasteiger charge is 2.20. The Morgan fingerprint density at radius 2 is 1.97 bits per heavy atom. The molecule has 0 saturated carbocycles. The Balaban J connectivity index is 1.49. The van der Waals surface area contributed by atoms with E-state index in [1.807, 2.05) is 6.92 Å². The molecule has 3 rings (SSSR count). The third kappa shape index (κ3) is 6.94. The summed E-state index contributed by atoms with van der Waals surface area (Å²) in [4.78, 5) is 37.7. The van der Waals surface area contributed by atoms with Gasteiger partial charge in [-0.1, -0.05) is 0 Å². The molecule has 3 amide bonds. The van der Waals surface area contributed by atoms with Crippen LogP contribution in [0.1, 0.15) is 38.2 Å². The molecule has 1 aromatic carbocycles. The van der Waals surface area contributed by atoms with E-state index in [9.17, 15) is 14.4 Å². The number of likely N-dealkylation sites (tertiary alicyclic amines) is 1. The van der Waals surface area contributed by atoms with Crippen LogP contribution in [0.3, 0.4) is 0 Å². The highest BCUT2D eigenvalue weighted by Crippen LogP contribution is 2.28. The molecule has 0 bridgehead atoms. The summed E-state index contributed by atoms with van der Waals surface area (Å²) in [5.41, 5.74) is 2.83. The van der Waals surface area contributed by atoms with Gasteiger partial charge in [-0.15, -0.1) is 0 Å². The first-order valence-electron chi connectivity index (χ1n) is 11.0. The zero-order chi connectivity index (χ0) is 22.8. The van der Waals surface area contributed by atoms with Crippen molar-refractivity contribution in [1.82, 2.24) is 15.6 Å². The van der Waals surface area contributed by atoms with Crippen molar-refractivity contribution in [2.45, 2.75) is 38.7 Å². The summed E-state index contributed by atoms with van der Waals surface area (Å²) in [6.07, 6.45) is 5.23.